The fourth-order valence-electron chi connectivity index (χ4n) is 2.04. The van der Waals surface area contributed by atoms with Crippen LogP contribution in [0.15, 0.2) is 36.4 Å². The Morgan fingerprint density at radius 3 is 2.25 bits per heavy atom. The summed E-state index contributed by atoms with van der Waals surface area (Å²) in [6.07, 6.45) is 0.840. The quantitative estimate of drug-likeness (QED) is 0.870. The first-order valence-corrected chi connectivity index (χ1v) is 6.56. The molecule has 0 bridgehead atoms. The normalized spacial score (nSPS) is 10.3. The number of rotatable bonds is 4. The number of amides is 1. The maximum Gasteiger partial charge on any atom is 0.338 e. The van der Waals surface area contributed by atoms with Crippen LogP contribution in [0.2, 0.25) is 0 Å². The van der Waals surface area contributed by atoms with E-state index >= 15 is 0 Å². The van der Waals surface area contributed by atoms with E-state index in [1.165, 1.54) is 7.11 Å². The lowest BCUT2D eigenvalue weighted by atomic mass is 10.0. The van der Waals surface area contributed by atoms with Gasteiger partial charge in [-0.15, -0.1) is 0 Å². The number of nitrogens with one attached hydrogen (secondary N) is 1. The van der Waals surface area contributed by atoms with Gasteiger partial charge in [-0.25, -0.2) is 4.79 Å². The van der Waals surface area contributed by atoms with Gasteiger partial charge >= 0.3 is 5.97 Å². The number of esters is 1. The zero-order chi connectivity index (χ0) is 14.5. The van der Waals surface area contributed by atoms with Gasteiger partial charge in [-0.1, -0.05) is 31.2 Å². The van der Waals surface area contributed by atoms with Crippen molar-refractivity contribution in [1.29, 1.82) is 0 Å². The van der Waals surface area contributed by atoms with Crippen LogP contribution in [0.3, 0.4) is 0 Å². The van der Waals surface area contributed by atoms with Crippen molar-refractivity contribution in [3.05, 3.63) is 47.5 Å². The van der Waals surface area contributed by atoms with E-state index in [-0.39, 0.29) is 5.91 Å². The predicted octanol–water partition coefficient (Wildman–Crippen LogP) is 2.77. The van der Waals surface area contributed by atoms with Crippen molar-refractivity contribution in [2.75, 3.05) is 13.7 Å². The molecule has 0 radical (unpaired) electrons. The van der Waals surface area contributed by atoms with Crippen LogP contribution < -0.4 is 5.32 Å². The molecule has 0 spiro atoms. The molecule has 0 heterocycles. The van der Waals surface area contributed by atoms with Crippen molar-refractivity contribution in [1.82, 2.24) is 5.32 Å². The molecule has 2 rings (SSSR count). The summed E-state index contributed by atoms with van der Waals surface area (Å²) in [6.45, 7) is 2.55. The van der Waals surface area contributed by atoms with E-state index in [4.69, 9.17) is 4.74 Å². The Balaban J connectivity index is 2.54. The Hall–Kier alpha value is -2.36. The van der Waals surface area contributed by atoms with E-state index in [9.17, 15) is 9.59 Å². The Bertz CT molecular complexity index is 649. The van der Waals surface area contributed by atoms with Gasteiger partial charge in [0.2, 0.25) is 0 Å². The van der Waals surface area contributed by atoms with Gasteiger partial charge < -0.3 is 10.1 Å². The minimum absolute atomic E-state index is 0.252. The van der Waals surface area contributed by atoms with Crippen LogP contribution in [-0.4, -0.2) is 25.5 Å². The molecule has 1 N–H and O–H groups in total. The first-order chi connectivity index (χ1) is 9.67. The van der Waals surface area contributed by atoms with E-state index in [0.717, 1.165) is 17.2 Å². The second-order valence-electron chi connectivity index (χ2n) is 4.49. The van der Waals surface area contributed by atoms with E-state index in [1.54, 1.807) is 12.1 Å². The number of methoxy groups -OCH3 is 1. The van der Waals surface area contributed by atoms with Crippen molar-refractivity contribution >= 4 is 22.6 Å². The van der Waals surface area contributed by atoms with E-state index in [1.807, 2.05) is 31.2 Å². The smallest absolute Gasteiger partial charge is 0.338 e. The minimum Gasteiger partial charge on any atom is -0.465 e. The predicted molar refractivity (Wildman–Crippen MR) is 77.9 cm³/mol. The Labute approximate surface area is 117 Å². The maximum atomic E-state index is 12.2. The van der Waals surface area contributed by atoms with Gasteiger partial charge in [0.15, 0.2) is 0 Å². The summed E-state index contributed by atoms with van der Waals surface area (Å²) in [7, 11) is 1.31. The monoisotopic (exact) mass is 271 g/mol. The summed E-state index contributed by atoms with van der Waals surface area (Å²) in [5.74, 6) is -0.754. The molecule has 0 aliphatic heterocycles. The van der Waals surface area contributed by atoms with Gasteiger partial charge in [0.05, 0.1) is 18.2 Å². The highest BCUT2D eigenvalue weighted by molar-refractivity contribution is 6.09. The molecular weight excluding hydrogens is 254 g/mol. The number of carbonyl (C=O) groups is 2. The van der Waals surface area contributed by atoms with Crippen LogP contribution in [0, 0.1) is 0 Å². The van der Waals surface area contributed by atoms with Gasteiger partial charge in [0.25, 0.3) is 5.91 Å². The highest BCUT2D eigenvalue weighted by atomic mass is 16.5. The molecule has 104 valence electrons. The van der Waals surface area contributed by atoms with Crippen LogP contribution in [-0.2, 0) is 4.74 Å². The van der Waals surface area contributed by atoms with Crippen molar-refractivity contribution in [2.45, 2.75) is 13.3 Å². The molecule has 0 saturated carbocycles. The van der Waals surface area contributed by atoms with Crippen molar-refractivity contribution in [3.63, 3.8) is 0 Å². The molecule has 1 amide bonds. The zero-order valence-corrected chi connectivity index (χ0v) is 11.6. The van der Waals surface area contributed by atoms with Crippen molar-refractivity contribution < 1.29 is 14.3 Å². The molecular formula is C16H17NO3. The van der Waals surface area contributed by atoms with E-state index < -0.39 is 5.97 Å². The van der Waals surface area contributed by atoms with Crippen LogP contribution in [0.25, 0.3) is 10.8 Å². The first kappa shape index (κ1) is 14.1. The zero-order valence-electron chi connectivity index (χ0n) is 11.6. The standard InChI is InChI=1S/C16H17NO3/c1-3-8-17-15(18)13-9-11-6-4-5-7-12(11)10-14(13)16(19)20-2/h4-7,9-10H,3,8H2,1-2H3,(H,17,18). The lowest BCUT2D eigenvalue weighted by Gasteiger charge is -2.10. The van der Waals surface area contributed by atoms with Gasteiger partial charge in [-0.2, -0.15) is 0 Å². The molecule has 0 fully saturated rings. The summed E-state index contributed by atoms with van der Waals surface area (Å²) in [4.78, 5) is 24.0. The van der Waals surface area contributed by atoms with Crippen molar-refractivity contribution in [3.8, 4) is 0 Å². The third kappa shape index (κ3) is 2.79. The van der Waals surface area contributed by atoms with Gasteiger partial charge in [-0.3, -0.25) is 4.79 Å². The van der Waals surface area contributed by atoms with Crippen LogP contribution >= 0.6 is 0 Å². The second-order valence-corrected chi connectivity index (χ2v) is 4.49. The Morgan fingerprint density at radius 2 is 1.70 bits per heavy atom. The highest BCUT2D eigenvalue weighted by Gasteiger charge is 2.18. The summed E-state index contributed by atoms with van der Waals surface area (Å²) in [6, 6.07) is 11.0. The molecule has 0 aliphatic rings. The Kier molecular flexibility index (Phi) is 4.35. The maximum absolute atomic E-state index is 12.2. The lowest BCUT2D eigenvalue weighted by Crippen LogP contribution is -2.26. The molecule has 2 aromatic carbocycles. The number of hydrogen-bond donors (Lipinski definition) is 1. The summed E-state index contributed by atoms with van der Waals surface area (Å²) in [5.41, 5.74) is 0.642. The molecule has 4 nitrogen and oxygen atoms in total. The number of fused-ring (bicyclic) bond motifs is 1. The van der Waals surface area contributed by atoms with Crippen molar-refractivity contribution in [2.24, 2.45) is 0 Å². The SMILES string of the molecule is CCCNC(=O)c1cc2ccccc2cc1C(=O)OC. The fourth-order valence-corrected chi connectivity index (χ4v) is 2.04. The number of benzene rings is 2. The van der Waals surface area contributed by atoms with Crippen LogP contribution in [0.4, 0.5) is 0 Å². The molecule has 4 heteroatoms. The average molecular weight is 271 g/mol. The molecule has 20 heavy (non-hydrogen) atoms. The fraction of sp³-hybridized carbons (Fsp3) is 0.250. The van der Waals surface area contributed by atoms with Crippen LogP contribution in [0.5, 0.6) is 0 Å². The second kappa shape index (κ2) is 6.19. The number of hydrogen-bond acceptors (Lipinski definition) is 3. The van der Waals surface area contributed by atoms with E-state index in [0.29, 0.717) is 17.7 Å². The summed E-state index contributed by atoms with van der Waals surface area (Å²) >= 11 is 0. The summed E-state index contributed by atoms with van der Waals surface area (Å²) in [5, 5.41) is 4.61. The third-order valence-corrected chi connectivity index (χ3v) is 3.07. The average Bonchev–Trinajstić information content (AvgIpc) is 2.50. The molecule has 0 saturated heterocycles. The van der Waals surface area contributed by atoms with Crippen LogP contribution in [0.1, 0.15) is 34.1 Å². The molecule has 0 atom stereocenters. The first-order valence-electron chi connectivity index (χ1n) is 6.56. The summed E-state index contributed by atoms with van der Waals surface area (Å²) < 4.78 is 4.76. The topological polar surface area (TPSA) is 55.4 Å². The largest absolute Gasteiger partial charge is 0.465 e. The number of carbonyl (C=O) groups excluding carboxylic acids is 2. The van der Waals surface area contributed by atoms with Gasteiger partial charge in [-0.05, 0) is 29.3 Å². The number of ether oxygens (including phenoxy) is 1. The van der Waals surface area contributed by atoms with Gasteiger partial charge in [0, 0.05) is 6.54 Å². The molecule has 2 aromatic rings. The lowest BCUT2D eigenvalue weighted by molar-refractivity contribution is 0.0596. The van der Waals surface area contributed by atoms with Gasteiger partial charge in [0.1, 0.15) is 0 Å². The molecule has 0 unspecified atom stereocenters. The molecule has 0 aliphatic carbocycles. The molecule has 0 aromatic heterocycles. The third-order valence-electron chi connectivity index (χ3n) is 3.07. The van der Waals surface area contributed by atoms with E-state index in [2.05, 4.69) is 5.32 Å². The minimum atomic E-state index is -0.502. The Morgan fingerprint density at radius 1 is 1.10 bits per heavy atom. The highest BCUT2D eigenvalue weighted by Crippen LogP contribution is 2.21.